The monoisotopic (exact) mass is 241 g/mol. The number of carboxylic acid groups (broad SMARTS) is 1. The summed E-state index contributed by atoms with van der Waals surface area (Å²) in [6.07, 6.45) is 1.63. The number of hydrogen-bond donors (Lipinski definition) is 2. The van der Waals surface area contributed by atoms with Crippen LogP contribution in [0.3, 0.4) is 0 Å². The van der Waals surface area contributed by atoms with Crippen molar-refractivity contribution in [1.82, 2.24) is 19.7 Å². The van der Waals surface area contributed by atoms with Gasteiger partial charge in [-0.05, 0) is 6.42 Å². The molecule has 1 rings (SSSR count). The number of likely N-dealkylation sites (N-methyl/N-ethyl adjacent to an activating group) is 1. The number of amides is 2. The van der Waals surface area contributed by atoms with Gasteiger partial charge in [-0.25, -0.2) is 14.3 Å². The Morgan fingerprint density at radius 3 is 2.71 bits per heavy atom. The summed E-state index contributed by atoms with van der Waals surface area (Å²) < 4.78 is 1.38. The lowest BCUT2D eigenvalue weighted by Gasteiger charge is -2.23. The van der Waals surface area contributed by atoms with Crippen LogP contribution in [0.4, 0.5) is 10.7 Å². The van der Waals surface area contributed by atoms with Gasteiger partial charge < -0.3 is 10.0 Å². The molecule has 0 saturated carbocycles. The van der Waals surface area contributed by atoms with Crippen LogP contribution in [0.25, 0.3) is 0 Å². The Labute approximate surface area is 98.2 Å². The lowest BCUT2D eigenvalue weighted by atomic mass is 10.2. The largest absolute Gasteiger partial charge is 0.480 e. The average molecular weight is 241 g/mol. The van der Waals surface area contributed by atoms with Crippen LogP contribution < -0.4 is 5.32 Å². The molecule has 0 fully saturated rings. The van der Waals surface area contributed by atoms with Crippen molar-refractivity contribution in [1.29, 1.82) is 0 Å². The SMILES string of the molecule is CCC(C(=O)O)N(C)C(=O)Nc1ncnn1C. The molecule has 0 aliphatic heterocycles. The Bertz CT molecular complexity index is 417. The molecule has 1 aromatic heterocycles. The number of carbonyl (C=O) groups is 2. The second kappa shape index (κ2) is 5.28. The highest BCUT2D eigenvalue weighted by Crippen LogP contribution is 2.06. The molecule has 0 aliphatic carbocycles. The molecule has 1 atom stereocenters. The van der Waals surface area contributed by atoms with Crippen LogP contribution in [-0.4, -0.2) is 49.9 Å². The van der Waals surface area contributed by atoms with E-state index in [9.17, 15) is 9.59 Å². The summed E-state index contributed by atoms with van der Waals surface area (Å²) in [5.41, 5.74) is 0. The summed E-state index contributed by atoms with van der Waals surface area (Å²) in [6.45, 7) is 1.70. The third-order valence-electron chi connectivity index (χ3n) is 2.39. The quantitative estimate of drug-likeness (QED) is 0.781. The minimum Gasteiger partial charge on any atom is -0.480 e. The maximum Gasteiger partial charge on any atom is 0.326 e. The van der Waals surface area contributed by atoms with Crippen molar-refractivity contribution >= 4 is 17.9 Å². The van der Waals surface area contributed by atoms with E-state index in [1.54, 1.807) is 14.0 Å². The van der Waals surface area contributed by atoms with E-state index >= 15 is 0 Å². The first-order valence-electron chi connectivity index (χ1n) is 5.08. The molecule has 17 heavy (non-hydrogen) atoms. The van der Waals surface area contributed by atoms with Crippen molar-refractivity contribution in [2.24, 2.45) is 7.05 Å². The van der Waals surface area contributed by atoms with Crippen LogP contribution in [0.5, 0.6) is 0 Å². The first-order chi connectivity index (χ1) is 7.97. The first kappa shape index (κ1) is 12.9. The van der Waals surface area contributed by atoms with Gasteiger partial charge in [-0.1, -0.05) is 6.92 Å². The summed E-state index contributed by atoms with van der Waals surface area (Å²) in [4.78, 5) is 27.6. The molecule has 0 aromatic carbocycles. The molecule has 2 amide bonds. The highest BCUT2D eigenvalue weighted by Gasteiger charge is 2.25. The number of aliphatic carboxylic acids is 1. The molecule has 0 saturated heterocycles. The fourth-order valence-corrected chi connectivity index (χ4v) is 1.35. The Balaban J connectivity index is 2.70. The summed E-state index contributed by atoms with van der Waals surface area (Å²) in [6, 6.07) is -1.39. The summed E-state index contributed by atoms with van der Waals surface area (Å²) >= 11 is 0. The zero-order valence-corrected chi connectivity index (χ0v) is 9.91. The standard InChI is InChI=1S/C9H15N5O3/c1-4-6(7(15)16)13(2)9(17)12-8-10-5-11-14(8)3/h5-6H,4H2,1-3H3,(H,15,16)(H,10,11,12,17). The fraction of sp³-hybridized carbons (Fsp3) is 0.556. The summed E-state index contributed by atoms with van der Waals surface area (Å²) in [5, 5.41) is 15.2. The van der Waals surface area contributed by atoms with Crippen molar-refractivity contribution in [2.75, 3.05) is 12.4 Å². The molecule has 8 nitrogen and oxygen atoms in total. The molecule has 2 N–H and O–H groups in total. The number of anilines is 1. The minimum absolute atomic E-state index is 0.266. The maximum atomic E-state index is 11.7. The molecule has 0 bridgehead atoms. The second-order valence-electron chi connectivity index (χ2n) is 3.51. The van der Waals surface area contributed by atoms with Crippen LogP contribution in [-0.2, 0) is 11.8 Å². The molecule has 1 aromatic rings. The number of urea groups is 1. The number of carbonyl (C=O) groups excluding carboxylic acids is 1. The Morgan fingerprint density at radius 1 is 1.65 bits per heavy atom. The van der Waals surface area contributed by atoms with Gasteiger partial charge in [0.05, 0.1) is 0 Å². The highest BCUT2D eigenvalue weighted by atomic mass is 16.4. The Morgan fingerprint density at radius 2 is 2.29 bits per heavy atom. The van der Waals surface area contributed by atoms with E-state index in [1.165, 1.54) is 18.1 Å². The number of aryl methyl sites for hydroxylation is 1. The first-order valence-corrected chi connectivity index (χ1v) is 5.08. The van der Waals surface area contributed by atoms with Gasteiger partial charge >= 0.3 is 12.0 Å². The molecule has 0 aliphatic rings. The zero-order valence-electron chi connectivity index (χ0n) is 9.91. The van der Waals surface area contributed by atoms with E-state index in [2.05, 4.69) is 15.4 Å². The summed E-state index contributed by atoms with van der Waals surface area (Å²) in [7, 11) is 3.05. The van der Waals surface area contributed by atoms with Crippen molar-refractivity contribution < 1.29 is 14.7 Å². The number of aromatic nitrogens is 3. The van der Waals surface area contributed by atoms with Gasteiger partial charge in [0.15, 0.2) is 0 Å². The third-order valence-corrected chi connectivity index (χ3v) is 2.39. The van der Waals surface area contributed by atoms with Crippen molar-refractivity contribution in [3.8, 4) is 0 Å². The molecule has 1 unspecified atom stereocenters. The van der Waals surface area contributed by atoms with Gasteiger partial charge in [-0.2, -0.15) is 10.1 Å². The molecule has 0 spiro atoms. The van der Waals surface area contributed by atoms with Crippen molar-refractivity contribution in [3.63, 3.8) is 0 Å². The normalized spacial score (nSPS) is 11.9. The topological polar surface area (TPSA) is 100 Å². The van der Waals surface area contributed by atoms with Crippen LogP contribution in [0, 0.1) is 0 Å². The predicted molar refractivity (Wildman–Crippen MR) is 59.5 cm³/mol. The van der Waals surface area contributed by atoms with Crippen LogP contribution in [0.15, 0.2) is 6.33 Å². The Kier molecular flexibility index (Phi) is 4.02. The Hall–Kier alpha value is -2.12. The van der Waals surface area contributed by atoms with Crippen LogP contribution in [0.1, 0.15) is 13.3 Å². The number of nitrogens with one attached hydrogen (secondary N) is 1. The fourth-order valence-electron chi connectivity index (χ4n) is 1.35. The van der Waals surface area contributed by atoms with Crippen molar-refractivity contribution in [2.45, 2.75) is 19.4 Å². The van der Waals surface area contributed by atoms with Gasteiger partial charge in [0, 0.05) is 14.1 Å². The molecule has 1 heterocycles. The summed E-state index contributed by atoms with van der Waals surface area (Å²) in [5.74, 6) is -0.773. The molecule has 8 heteroatoms. The minimum atomic E-state index is -1.04. The molecular formula is C9H15N5O3. The predicted octanol–water partition coefficient (Wildman–Crippen LogP) is 0.142. The smallest absolute Gasteiger partial charge is 0.326 e. The van der Waals surface area contributed by atoms with Gasteiger partial charge in [0.1, 0.15) is 12.4 Å². The third kappa shape index (κ3) is 2.92. The van der Waals surface area contributed by atoms with E-state index < -0.39 is 18.0 Å². The van der Waals surface area contributed by atoms with E-state index in [-0.39, 0.29) is 5.95 Å². The van der Waals surface area contributed by atoms with Crippen LogP contribution in [0.2, 0.25) is 0 Å². The van der Waals surface area contributed by atoms with Gasteiger partial charge in [0.25, 0.3) is 0 Å². The highest BCUT2D eigenvalue weighted by molar-refractivity contribution is 5.90. The molecule has 94 valence electrons. The van der Waals surface area contributed by atoms with Gasteiger partial charge in [-0.3, -0.25) is 5.32 Å². The number of nitrogens with zero attached hydrogens (tertiary/aromatic N) is 4. The van der Waals surface area contributed by atoms with Crippen LogP contribution >= 0.6 is 0 Å². The van der Waals surface area contributed by atoms with E-state index in [0.717, 1.165) is 4.90 Å². The maximum absolute atomic E-state index is 11.7. The van der Waals surface area contributed by atoms with E-state index in [0.29, 0.717) is 6.42 Å². The lowest BCUT2D eigenvalue weighted by Crippen LogP contribution is -2.44. The zero-order chi connectivity index (χ0) is 13.0. The second-order valence-corrected chi connectivity index (χ2v) is 3.51. The number of carboxylic acids is 1. The molecular weight excluding hydrogens is 226 g/mol. The number of rotatable bonds is 4. The number of hydrogen-bond acceptors (Lipinski definition) is 4. The molecule has 0 radical (unpaired) electrons. The average Bonchev–Trinajstić information content (AvgIpc) is 2.64. The van der Waals surface area contributed by atoms with E-state index in [4.69, 9.17) is 5.11 Å². The van der Waals surface area contributed by atoms with E-state index in [1.807, 2.05) is 0 Å². The van der Waals surface area contributed by atoms with Gasteiger partial charge in [-0.15, -0.1) is 0 Å². The van der Waals surface area contributed by atoms with Crippen molar-refractivity contribution in [3.05, 3.63) is 6.33 Å². The lowest BCUT2D eigenvalue weighted by molar-refractivity contribution is -0.141. The van der Waals surface area contributed by atoms with Gasteiger partial charge in [0.2, 0.25) is 5.95 Å².